The number of aryl methyl sites for hydroxylation is 1. The Morgan fingerprint density at radius 3 is 2.33 bits per heavy atom. The Bertz CT molecular complexity index is 1100. The molecule has 0 spiro atoms. The second-order valence-electron chi connectivity index (χ2n) is 7.13. The van der Waals surface area contributed by atoms with Crippen molar-refractivity contribution in [2.75, 3.05) is 5.32 Å². The van der Waals surface area contributed by atoms with Gasteiger partial charge in [0, 0.05) is 28.3 Å². The number of esters is 1. The molecule has 1 atom stereocenters. The number of para-hydroxylation sites is 1. The summed E-state index contributed by atoms with van der Waals surface area (Å²) in [6.07, 6.45) is -1.00. The number of anilines is 1. The number of carbonyl (C=O) groups is 3. The van der Waals surface area contributed by atoms with E-state index in [1.165, 1.54) is 13.8 Å². The number of Topliss-reactive ketones (excluding diaryl/α,β-unsaturated/α-hetero) is 1. The van der Waals surface area contributed by atoms with Gasteiger partial charge in [-0.15, -0.1) is 0 Å². The van der Waals surface area contributed by atoms with Crippen molar-refractivity contribution >= 4 is 23.3 Å². The van der Waals surface area contributed by atoms with Gasteiger partial charge in [-0.2, -0.15) is 0 Å². The molecular formula is C24H24N2O4. The molecule has 1 N–H and O–H groups in total. The van der Waals surface area contributed by atoms with Gasteiger partial charge in [-0.25, -0.2) is 4.79 Å². The summed E-state index contributed by atoms with van der Waals surface area (Å²) in [6, 6.07) is 18.1. The van der Waals surface area contributed by atoms with Gasteiger partial charge in [0.1, 0.15) is 0 Å². The second-order valence-corrected chi connectivity index (χ2v) is 7.13. The molecule has 0 saturated carbocycles. The fourth-order valence-corrected chi connectivity index (χ4v) is 3.28. The molecule has 0 radical (unpaired) electrons. The van der Waals surface area contributed by atoms with Crippen molar-refractivity contribution in [2.24, 2.45) is 0 Å². The third-order valence-corrected chi connectivity index (χ3v) is 4.86. The van der Waals surface area contributed by atoms with Crippen molar-refractivity contribution in [1.82, 2.24) is 4.57 Å². The molecule has 1 amide bonds. The zero-order valence-corrected chi connectivity index (χ0v) is 17.4. The highest BCUT2D eigenvalue weighted by atomic mass is 16.5. The van der Waals surface area contributed by atoms with E-state index >= 15 is 0 Å². The van der Waals surface area contributed by atoms with E-state index in [1.807, 2.05) is 48.7 Å². The smallest absolute Gasteiger partial charge is 0.340 e. The fraction of sp³-hybridized carbons (Fsp3) is 0.208. The maximum absolute atomic E-state index is 12.7. The zero-order valence-electron chi connectivity index (χ0n) is 17.4. The van der Waals surface area contributed by atoms with Crippen LogP contribution in [-0.4, -0.2) is 28.3 Å². The fourth-order valence-electron chi connectivity index (χ4n) is 3.28. The molecule has 0 aliphatic carbocycles. The van der Waals surface area contributed by atoms with E-state index in [2.05, 4.69) is 5.32 Å². The lowest BCUT2D eigenvalue weighted by atomic mass is 10.1. The first-order valence-electron chi connectivity index (χ1n) is 9.65. The highest BCUT2D eigenvalue weighted by Crippen LogP contribution is 2.22. The summed E-state index contributed by atoms with van der Waals surface area (Å²) in [5.41, 5.74) is 3.95. The van der Waals surface area contributed by atoms with Crippen molar-refractivity contribution in [3.63, 3.8) is 0 Å². The number of aromatic nitrogens is 1. The van der Waals surface area contributed by atoms with E-state index in [-0.39, 0.29) is 5.78 Å². The molecule has 0 unspecified atom stereocenters. The van der Waals surface area contributed by atoms with Crippen molar-refractivity contribution in [3.8, 4) is 5.69 Å². The lowest BCUT2D eigenvalue weighted by Gasteiger charge is -2.14. The summed E-state index contributed by atoms with van der Waals surface area (Å²) >= 11 is 0. The van der Waals surface area contributed by atoms with Gasteiger partial charge in [0.2, 0.25) is 0 Å². The molecule has 2 aromatic carbocycles. The third kappa shape index (κ3) is 4.49. The Kier molecular flexibility index (Phi) is 6.16. The standard InChI is InChI=1S/C24H24N2O4/c1-15-13-22(16(2)26(15)21-11-6-5-7-12-21)24(29)30-18(4)23(28)25-20-10-8-9-19(14-20)17(3)27/h5-14,18H,1-4H3,(H,25,28)/t18-/m1/s1. The van der Waals surface area contributed by atoms with E-state index < -0.39 is 18.0 Å². The maximum atomic E-state index is 12.7. The average Bonchev–Trinajstić information content (AvgIpc) is 3.02. The number of carbonyl (C=O) groups excluding carboxylic acids is 3. The van der Waals surface area contributed by atoms with Crippen LogP contribution in [0.3, 0.4) is 0 Å². The van der Waals surface area contributed by atoms with Crippen LogP contribution in [0.2, 0.25) is 0 Å². The molecule has 1 heterocycles. The Labute approximate surface area is 175 Å². The van der Waals surface area contributed by atoms with Crippen molar-refractivity contribution < 1.29 is 19.1 Å². The third-order valence-electron chi connectivity index (χ3n) is 4.86. The summed E-state index contributed by atoms with van der Waals surface area (Å²) < 4.78 is 7.37. The number of ether oxygens (including phenoxy) is 1. The van der Waals surface area contributed by atoms with Crippen molar-refractivity contribution in [2.45, 2.75) is 33.8 Å². The molecule has 0 bridgehead atoms. The Balaban J connectivity index is 1.72. The first-order valence-corrected chi connectivity index (χ1v) is 9.65. The number of nitrogens with zero attached hydrogens (tertiary/aromatic N) is 1. The van der Waals surface area contributed by atoms with Crippen molar-refractivity contribution in [1.29, 1.82) is 0 Å². The molecule has 6 nitrogen and oxygen atoms in total. The van der Waals surface area contributed by atoms with Crippen LogP contribution in [0, 0.1) is 13.8 Å². The van der Waals surface area contributed by atoms with Gasteiger partial charge in [0.15, 0.2) is 11.9 Å². The largest absolute Gasteiger partial charge is 0.449 e. The summed E-state index contributed by atoms with van der Waals surface area (Å²) in [5, 5.41) is 2.68. The lowest BCUT2D eigenvalue weighted by Crippen LogP contribution is -2.30. The van der Waals surface area contributed by atoms with Crippen LogP contribution >= 0.6 is 0 Å². The van der Waals surface area contributed by atoms with Gasteiger partial charge in [0.25, 0.3) is 5.91 Å². The molecule has 3 aromatic rings. The molecular weight excluding hydrogens is 380 g/mol. The first-order chi connectivity index (χ1) is 14.3. The Morgan fingerprint density at radius 2 is 1.67 bits per heavy atom. The zero-order chi connectivity index (χ0) is 21.8. The number of hydrogen-bond acceptors (Lipinski definition) is 4. The van der Waals surface area contributed by atoms with E-state index in [1.54, 1.807) is 30.3 Å². The van der Waals surface area contributed by atoms with Gasteiger partial charge >= 0.3 is 5.97 Å². The number of ketones is 1. The minimum atomic E-state index is -1.00. The van der Waals surface area contributed by atoms with Gasteiger partial charge < -0.3 is 14.6 Å². The average molecular weight is 404 g/mol. The van der Waals surface area contributed by atoms with Crippen LogP contribution in [0.25, 0.3) is 5.69 Å². The quantitative estimate of drug-likeness (QED) is 0.485. The highest BCUT2D eigenvalue weighted by Gasteiger charge is 2.23. The van der Waals surface area contributed by atoms with Crippen LogP contribution in [0.4, 0.5) is 5.69 Å². The van der Waals surface area contributed by atoms with Crippen molar-refractivity contribution in [3.05, 3.63) is 83.2 Å². The van der Waals surface area contributed by atoms with E-state index in [9.17, 15) is 14.4 Å². The molecule has 1 aromatic heterocycles. The normalized spacial score (nSPS) is 11.6. The monoisotopic (exact) mass is 404 g/mol. The van der Waals surface area contributed by atoms with Crippen LogP contribution in [0.15, 0.2) is 60.7 Å². The van der Waals surface area contributed by atoms with Crippen LogP contribution in [0.5, 0.6) is 0 Å². The molecule has 6 heteroatoms. The molecule has 0 aliphatic heterocycles. The maximum Gasteiger partial charge on any atom is 0.340 e. The Hall–Kier alpha value is -3.67. The number of amides is 1. The van der Waals surface area contributed by atoms with E-state index in [0.717, 1.165) is 17.1 Å². The molecule has 3 rings (SSSR count). The van der Waals surface area contributed by atoms with Gasteiger partial charge in [0.05, 0.1) is 5.56 Å². The first kappa shape index (κ1) is 21.0. The van der Waals surface area contributed by atoms with E-state index in [0.29, 0.717) is 16.8 Å². The van der Waals surface area contributed by atoms with Gasteiger partial charge in [-0.3, -0.25) is 9.59 Å². The molecule has 30 heavy (non-hydrogen) atoms. The number of benzene rings is 2. The summed E-state index contributed by atoms with van der Waals surface area (Å²) in [6.45, 7) is 6.72. The molecule has 0 aliphatic rings. The summed E-state index contributed by atoms with van der Waals surface area (Å²) in [7, 11) is 0. The summed E-state index contributed by atoms with van der Waals surface area (Å²) in [5.74, 6) is -1.13. The lowest BCUT2D eigenvalue weighted by molar-refractivity contribution is -0.123. The molecule has 0 saturated heterocycles. The van der Waals surface area contributed by atoms with Gasteiger partial charge in [-0.1, -0.05) is 30.3 Å². The SMILES string of the molecule is CC(=O)c1cccc(NC(=O)[C@@H](C)OC(=O)c2cc(C)n(-c3ccccc3)c2C)c1. The predicted octanol–water partition coefficient (Wildman–Crippen LogP) is 4.48. The Morgan fingerprint density at radius 1 is 0.967 bits per heavy atom. The molecule has 154 valence electrons. The number of rotatable bonds is 6. The van der Waals surface area contributed by atoms with Gasteiger partial charge in [-0.05, 0) is 58.0 Å². The van der Waals surface area contributed by atoms with E-state index in [4.69, 9.17) is 4.74 Å². The minimum absolute atomic E-state index is 0.0978. The predicted molar refractivity (Wildman–Crippen MR) is 115 cm³/mol. The number of nitrogens with one attached hydrogen (secondary N) is 1. The van der Waals surface area contributed by atoms with Crippen LogP contribution in [0.1, 0.15) is 46.0 Å². The second kappa shape index (κ2) is 8.78. The van der Waals surface area contributed by atoms with Crippen LogP contribution in [-0.2, 0) is 9.53 Å². The minimum Gasteiger partial charge on any atom is -0.449 e. The van der Waals surface area contributed by atoms with Crippen LogP contribution < -0.4 is 5.32 Å². The molecule has 0 fully saturated rings. The number of hydrogen-bond donors (Lipinski definition) is 1. The topological polar surface area (TPSA) is 77.4 Å². The summed E-state index contributed by atoms with van der Waals surface area (Å²) in [4.78, 5) is 36.7. The highest BCUT2D eigenvalue weighted by molar-refractivity contribution is 5.99.